The second kappa shape index (κ2) is 13.8. The summed E-state index contributed by atoms with van der Waals surface area (Å²) in [7, 11) is -1.41. The third-order valence-electron chi connectivity index (χ3n) is 6.28. The van der Waals surface area contributed by atoms with E-state index in [1.165, 1.54) is 67.7 Å². The lowest BCUT2D eigenvalue weighted by atomic mass is 10.1. The van der Waals surface area contributed by atoms with Crippen molar-refractivity contribution in [1.82, 2.24) is 10.2 Å². The largest absolute Gasteiger partial charge is 0.497 e. The smallest absolute Gasteiger partial charge is 0.264 e. The minimum Gasteiger partial charge on any atom is -0.497 e. The predicted molar refractivity (Wildman–Crippen MR) is 150 cm³/mol. The van der Waals surface area contributed by atoms with E-state index >= 15 is 0 Å². The van der Waals surface area contributed by atoms with Crippen LogP contribution in [0.3, 0.4) is 0 Å². The van der Waals surface area contributed by atoms with E-state index in [1.54, 1.807) is 38.1 Å². The van der Waals surface area contributed by atoms with Crippen LogP contribution in [0, 0.1) is 5.82 Å². The number of hydrogen-bond acceptors (Lipinski definition) is 6. The summed E-state index contributed by atoms with van der Waals surface area (Å²) in [6.07, 6.45) is 0.276. The van der Waals surface area contributed by atoms with Crippen LogP contribution < -0.4 is 19.1 Å². The van der Waals surface area contributed by atoms with Gasteiger partial charge < -0.3 is 19.7 Å². The number of halogens is 1. The first-order valence-corrected chi connectivity index (χ1v) is 14.2. The normalized spacial score (nSPS) is 11.8. The number of para-hydroxylation sites is 2. The lowest BCUT2D eigenvalue weighted by Gasteiger charge is -2.33. The molecule has 0 fully saturated rings. The molecule has 40 heavy (non-hydrogen) atoms. The number of carbonyl (C=O) groups is 2. The van der Waals surface area contributed by atoms with Gasteiger partial charge in [-0.25, -0.2) is 12.8 Å². The fourth-order valence-electron chi connectivity index (χ4n) is 4.22. The quantitative estimate of drug-likeness (QED) is 0.333. The third kappa shape index (κ3) is 7.09. The van der Waals surface area contributed by atoms with Crippen molar-refractivity contribution in [1.29, 1.82) is 0 Å². The summed E-state index contributed by atoms with van der Waals surface area (Å²) < 4.78 is 53.1. The van der Waals surface area contributed by atoms with Crippen molar-refractivity contribution >= 4 is 27.5 Å². The molecular formula is C29H34FN3O6S. The number of methoxy groups -OCH3 is 2. The van der Waals surface area contributed by atoms with Gasteiger partial charge in [-0.1, -0.05) is 31.2 Å². The van der Waals surface area contributed by atoms with Crippen LogP contribution in [0.25, 0.3) is 0 Å². The zero-order valence-electron chi connectivity index (χ0n) is 23.0. The summed E-state index contributed by atoms with van der Waals surface area (Å²) in [6.45, 7) is 3.23. The molecule has 3 rings (SSSR count). The van der Waals surface area contributed by atoms with Gasteiger partial charge in [0.25, 0.3) is 10.0 Å². The van der Waals surface area contributed by atoms with Gasteiger partial charge >= 0.3 is 0 Å². The van der Waals surface area contributed by atoms with Gasteiger partial charge in [-0.15, -0.1) is 0 Å². The van der Waals surface area contributed by atoms with Crippen molar-refractivity contribution in [3.63, 3.8) is 0 Å². The van der Waals surface area contributed by atoms with E-state index in [0.29, 0.717) is 17.9 Å². The Kier molecular flexibility index (Phi) is 10.5. The van der Waals surface area contributed by atoms with Gasteiger partial charge in [0.05, 0.1) is 24.8 Å². The summed E-state index contributed by atoms with van der Waals surface area (Å²) in [5.41, 5.74) is 0.737. The molecule has 0 aliphatic carbocycles. The zero-order chi connectivity index (χ0) is 29.3. The van der Waals surface area contributed by atoms with Gasteiger partial charge in [-0.05, 0) is 67.4 Å². The highest BCUT2D eigenvalue weighted by Gasteiger charge is 2.34. The number of amides is 2. The van der Waals surface area contributed by atoms with Crippen molar-refractivity contribution in [3.05, 3.63) is 84.2 Å². The summed E-state index contributed by atoms with van der Waals surface area (Å²) in [6, 6.07) is 16.9. The second-order valence-corrected chi connectivity index (χ2v) is 10.7. The van der Waals surface area contributed by atoms with Gasteiger partial charge in [0.1, 0.15) is 29.9 Å². The summed E-state index contributed by atoms with van der Waals surface area (Å²) in [5.74, 6) is -0.719. The van der Waals surface area contributed by atoms with Gasteiger partial charge in [0.15, 0.2) is 0 Å². The first kappa shape index (κ1) is 30.4. The molecule has 0 unspecified atom stereocenters. The highest BCUT2D eigenvalue weighted by molar-refractivity contribution is 7.92. The molecule has 0 radical (unpaired) electrons. The maximum absolute atomic E-state index is 14.0. The van der Waals surface area contributed by atoms with Crippen molar-refractivity contribution < 1.29 is 31.9 Å². The van der Waals surface area contributed by atoms with Crippen LogP contribution in [0.15, 0.2) is 77.7 Å². The number of hydrogen-bond donors (Lipinski definition) is 1. The number of nitrogens with one attached hydrogen (secondary N) is 1. The molecule has 3 aromatic rings. The van der Waals surface area contributed by atoms with E-state index in [0.717, 1.165) is 4.31 Å². The summed E-state index contributed by atoms with van der Waals surface area (Å²) in [5, 5.41) is 2.74. The molecule has 11 heteroatoms. The van der Waals surface area contributed by atoms with Crippen molar-refractivity contribution in [3.8, 4) is 11.5 Å². The van der Waals surface area contributed by atoms with Crippen LogP contribution in [0.1, 0.15) is 25.8 Å². The molecule has 9 nitrogen and oxygen atoms in total. The molecule has 0 aliphatic rings. The predicted octanol–water partition coefficient (Wildman–Crippen LogP) is 3.98. The van der Waals surface area contributed by atoms with E-state index < -0.39 is 34.3 Å². The topological polar surface area (TPSA) is 105 Å². The van der Waals surface area contributed by atoms with Crippen LogP contribution in [0.2, 0.25) is 0 Å². The van der Waals surface area contributed by atoms with Crippen LogP contribution in [0.5, 0.6) is 11.5 Å². The molecule has 0 saturated carbocycles. The van der Waals surface area contributed by atoms with Crippen LogP contribution >= 0.6 is 0 Å². The monoisotopic (exact) mass is 571 g/mol. The van der Waals surface area contributed by atoms with Crippen LogP contribution in [0.4, 0.5) is 10.1 Å². The molecular weight excluding hydrogens is 537 g/mol. The van der Waals surface area contributed by atoms with E-state index in [-0.39, 0.29) is 35.2 Å². The maximum atomic E-state index is 14.0. The number of sulfonamides is 1. The first-order chi connectivity index (χ1) is 19.2. The fourth-order valence-corrected chi connectivity index (χ4v) is 5.65. The lowest BCUT2D eigenvalue weighted by Crippen LogP contribution is -2.52. The molecule has 0 spiro atoms. The Morgan fingerprint density at radius 2 is 1.57 bits per heavy atom. The Morgan fingerprint density at radius 3 is 2.15 bits per heavy atom. The molecule has 214 valence electrons. The molecule has 0 aromatic heterocycles. The van der Waals surface area contributed by atoms with E-state index in [9.17, 15) is 22.4 Å². The van der Waals surface area contributed by atoms with Crippen LogP contribution in [-0.4, -0.2) is 58.5 Å². The fraction of sp³-hybridized carbons (Fsp3) is 0.310. The highest BCUT2D eigenvalue weighted by Crippen LogP contribution is 2.33. The SMILES string of the molecule is CCNC(=O)[C@@H](CC)N(Cc1ccc(F)cc1)C(=O)CN(c1ccccc1OC)S(=O)(=O)c1ccc(OC)cc1. The Hall–Kier alpha value is -4.12. The Morgan fingerprint density at radius 1 is 0.925 bits per heavy atom. The number of nitrogens with zero attached hydrogens (tertiary/aromatic N) is 2. The summed E-state index contributed by atoms with van der Waals surface area (Å²) in [4.78, 5) is 28.2. The van der Waals surface area contributed by atoms with Crippen molar-refractivity contribution in [2.24, 2.45) is 0 Å². The third-order valence-corrected chi connectivity index (χ3v) is 8.06. The summed E-state index contributed by atoms with van der Waals surface area (Å²) >= 11 is 0. The minimum absolute atomic E-state index is 0.0307. The van der Waals surface area contributed by atoms with Crippen molar-refractivity contribution in [2.45, 2.75) is 37.8 Å². The Bertz CT molecular complexity index is 1400. The molecule has 0 heterocycles. The number of anilines is 1. The molecule has 0 bridgehead atoms. The first-order valence-electron chi connectivity index (χ1n) is 12.8. The van der Waals surface area contributed by atoms with Gasteiger partial charge in [-0.3, -0.25) is 13.9 Å². The van der Waals surface area contributed by atoms with E-state index in [1.807, 2.05) is 0 Å². The van der Waals surface area contributed by atoms with E-state index in [4.69, 9.17) is 9.47 Å². The van der Waals surface area contributed by atoms with Gasteiger partial charge in [0, 0.05) is 13.1 Å². The molecule has 0 aliphatic heterocycles. The number of likely N-dealkylation sites (N-methyl/N-ethyl adjacent to an activating group) is 1. The zero-order valence-corrected chi connectivity index (χ0v) is 23.8. The minimum atomic E-state index is -4.28. The van der Waals surface area contributed by atoms with Gasteiger partial charge in [0.2, 0.25) is 11.8 Å². The lowest BCUT2D eigenvalue weighted by molar-refractivity contribution is -0.140. The van der Waals surface area contributed by atoms with Crippen LogP contribution in [-0.2, 0) is 26.2 Å². The van der Waals surface area contributed by atoms with E-state index in [2.05, 4.69) is 5.32 Å². The average Bonchev–Trinajstić information content (AvgIpc) is 2.96. The second-order valence-electron chi connectivity index (χ2n) is 8.83. The maximum Gasteiger partial charge on any atom is 0.264 e. The highest BCUT2D eigenvalue weighted by atomic mass is 32.2. The van der Waals surface area contributed by atoms with Crippen molar-refractivity contribution in [2.75, 3.05) is 31.6 Å². The number of carbonyl (C=O) groups excluding carboxylic acids is 2. The molecule has 1 N–H and O–H groups in total. The van der Waals surface area contributed by atoms with Gasteiger partial charge in [-0.2, -0.15) is 0 Å². The Labute approximate surface area is 234 Å². The molecule has 2 amide bonds. The average molecular weight is 572 g/mol. The number of rotatable bonds is 13. The number of ether oxygens (including phenoxy) is 2. The Balaban J connectivity index is 2.09. The number of benzene rings is 3. The standard InChI is InChI=1S/C29H34FN3O6S/c1-5-25(29(35)31-6-2)32(19-21-11-13-22(30)14-12-21)28(34)20-33(26-9-7-8-10-27(26)39-4)40(36,37)24-17-15-23(38-3)16-18-24/h7-18,25H,5-6,19-20H2,1-4H3,(H,31,35)/t25-/m1/s1. The molecule has 0 saturated heterocycles. The molecule has 3 aromatic carbocycles. The molecule has 1 atom stereocenters.